The van der Waals surface area contributed by atoms with Crippen LogP contribution in [0.3, 0.4) is 0 Å². The van der Waals surface area contributed by atoms with Crippen molar-refractivity contribution in [1.29, 1.82) is 0 Å². The lowest BCUT2D eigenvalue weighted by Crippen LogP contribution is -2.51. The van der Waals surface area contributed by atoms with Gasteiger partial charge in [0.1, 0.15) is 11.6 Å². The molecule has 1 aliphatic heterocycles. The zero-order valence-corrected chi connectivity index (χ0v) is 16.5. The molecule has 0 bridgehead atoms. The van der Waals surface area contributed by atoms with Gasteiger partial charge in [0.15, 0.2) is 0 Å². The maximum atomic E-state index is 13.0. The first-order chi connectivity index (χ1) is 14.0. The minimum atomic E-state index is -0.355. The fourth-order valence-corrected chi connectivity index (χ4v) is 3.12. The summed E-state index contributed by atoms with van der Waals surface area (Å²) in [5, 5.41) is 2.74. The predicted molar refractivity (Wildman–Crippen MR) is 110 cm³/mol. The molecule has 1 N–H and O–H groups in total. The van der Waals surface area contributed by atoms with Gasteiger partial charge in [0.05, 0.1) is 7.11 Å². The highest BCUT2D eigenvalue weighted by atomic mass is 19.1. The van der Waals surface area contributed by atoms with Gasteiger partial charge in [0.2, 0.25) is 5.91 Å². The number of hydrogen-bond donors (Lipinski definition) is 1. The molecule has 0 atom stereocenters. The quantitative estimate of drug-likeness (QED) is 0.803. The topological polar surface area (TPSA) is 61.9 Å². The maximum absolute atomic E-state index is 13.0. The summed E-state index contributed by atoms with van der Waals surface area (Å²) in [7, 11) is 1.60. The van der Waals surface area contributed by atoms with Crippen LogP contribution in [-0.4, -0.2) is 55.0 Å². The van der Waals surface area contributed by atoms with Crippen LogP contribution >= 0.6 is 0 Å². The van der Waals surface area contributed by atoms with Crippen LogP contribution in [0.4, 0.5) is 14.9 Å². The number of ether oxygens (including phenoxy) is 1. The number of hydrogen-bond acceptors (Lipinski definition) is 3. The molecule has 0 spiro atoms. The van der Waals surface area contributed by atoms with E-state index >= 15 is 0 Å². The van der Waals surface area contributed by atoms with Crippen molar-refractivity contribution in [2.45, 2.75) is 6.92 Å². The van der Waals surface area contributed by atoms with Crippen molar-refractivity contribution < 1.29 is 18.7 Å². The molecule has 1 saturated heterocycles. The number of rotatable bonds is 4. The van der Waals surface area contributed by atoms with Crippen molar-refractivity contribution in [3.8, 4) is 5.75 Å². The monoisotopic (exact) mass is 397 g/mol. The molecule has 3 rings (SSSR count). The first kappa shape index (κ1) is 20.4. The van der Waals surface area contributed by atoms with Gasteiger partial charge in [0, 0.05) is 43.5 Å². The molecule has 7 heteroatoms. The minimum Gasteiger partial charge on any atom is -0.496 e. The Kier molecular flexibility index (Phi) is 6.49. The van der Waals surface area contributed by atoms with Crippen LogP contribution in [-0.2, 0) is 4.79 Å². The van der Waals surface area contributed by atoms with Gasteiger partial charge in [-0.1, -0.05) is 11.6 Å². The van der Waals surface area contributed by atoms with E-state index in [0.29, 0.717) is 37.6 Å². The number of nitrogens with one attached hydrogen (secondary N) is 1. The number of carbonyl (C=O) groups is 2. The molecule has 3 amide bonds. The highest BCUT2D eigenvalue weighted by molar-refractivity contribution is 5.93. The van der Waals surface area contributed by atoms with Crippen LogP contribution < -0.4 is 10.1 Å². The van der Waals surface area contributed by atoms with Crippen molar-refractivity contribution in [2.24, 2.45) is 0 Å². The van der Waals surface area contributed by atoms with E-state index in [1.165, 1.54) is 30.3 Å². The van der Waals surface area contributed by atoms with Gasteiger partial charge >= 0.3 is 6.03 Å². The summed E-state index contributed by atoms with van der Waals surface area (Å²) in [5.41, 5.74) is 2.46. The summed E-state index contributed by atoms with van der Waals surface area (Å²) in [6.07, 6.45) is 3.29. The Bertz CT molecular complexity index is 904. The number of piperazine rings is 1. The molecule has 0 unspecified atom stereocenters. The second-order valence-corrected chi connectivity index (χ2v) is 6.83. The molecule has 1 fully saturated rings. The van der Waals surface area contributed by atoms with E-state index in [9.17, 15) is 14.0 Å². The Balaban J connectivity index is 1.53. The lowest BCUT2D eigenvalue weighted by Gasteiger charge is -2.34. The Morgan fingerprint density at radius 3 is 2.34 bits per heavy atom. The number of anilines is 1. The molecule has 152 valence electrons. The zero-order chi connectivity index (χ0) is 20.8. The number of methoxy groups -OCH3 is 1. The lowest BCUT2D eigenvalue weighted by molar-refractivity contribution is -0.127. The summed E-state index contributed by atoms with van der Waals surface area (Å²) in [6, 6.07) is 11.1. The fraction of sp³-hybridized carbons (Fsp3) is 0.273. The average molecular weight is 397 g/mol. The summed E-state index contributed by atoms with van der Waals surface area (Å²) in [6.45, 7) is 3.74. The van der Waals surface area contributed by atoms with Crippen molar-refractivity contribution in [1.82, 2.24) is 9.80 Å². The Hall–Kier alpha value is -3.35. The van der Waals surface area contributed by atoms with E-state index in [4.69, 9.17) is 4.74 Å². The van der Waals surface area contributed by atoms with E-state index in [1.807, 2.05) is 25.1 Å². The van der Waals surface area contributed by atoms with Crippen molar-refractivity contribution in [3.05, 3.63) is 65.5 Å². The van der Waals surface area contributed by atoms with Gasteiger partial charge in [-0.3, -0.25) is 4.79 Å². The average Bonchev–Trinajstić information content (AvgIpc) is 2.74. The largest absolute Gasteiger partial charge is 0.496 e. The smallest absolute Gasteiger partial charge is 0.321 e. The SMILES string of the molecule is COc1ccc(C)cc1/C=C/C(=O)N1CCN(C(=O)Nc2ccc(F)cc2)CC1. The summed E-state index contributed by atoms with van der Waals surface area (Å²) in [4.78, 5) is 28.2. The number of benzene rings is 2. The van der Waals surface area contributed by atoms with Crippen LogP contribution in [0.2, 0.25) is 0 Å². The molecule has 1 aliphatic rings. The van der Waals surface area contributed by atoms with Gasteiger partial charge in [-0.15, -0.1) is 0 Å². The molecular weight excluding hydrogens is 373 g/mol. The third-order valence-electron chi connectivity index (χ3n) is 4.76. The molecule has 0 saturated carbocycles. The first-order valence-electron chi connectivity index (χ1n) is 9.39. The lowest BCUT2D eigenvalue weighted by atomic mass is 10.1. The van der Waals surface area contributed by atoms with E-state index in [1.54, 1.807) is 23.0 Å². The second-order valence-electron chi connectivity index (χ2n) is 6.83. The first-order valence-corrected chi connectivity index (χ1v) is 9.39. The van der Waals surface area contributed by atoms with Gasteiger partial charge in [-0.2, -0.15) is 0 Å². The molecule has 2 aromatic carbocycles. The number of aryl methyl sites for hydroxylation is 1. The molecule has 0 aromatic heterocycles. The van der Waals surface area contributed by atoms with Gasteiger partial charge in [0.25, 0.3) is 0 Å². The second kappa shape index (κ2) is 9.23. The zero-order valence-electron chi connectivity index (χ0n) is 16.5. The summed E-state index contributed by atoms with van der Waals surface area (Å²) < 4.78 is 18.3. The number of nitrogens with zero attached hydrogens (tertiary/aromatic N) is 2. The highest BCUT2D eigenvalue weighted by Crippen LogP contribution is 2.21. The normalized spacial score (nSPS) is 14.2. The van der Waals surface area contributed by atoms with Gasteiger partial charge < -0.3 is 19.9 Å². The third kappa shape index (κ3) is 5.34. The summed E-state index contributed by atoms with van der Waals surface area (Å²) >= 11 is 0. The standard InChI is InChI=1S/C22H24FN3O3/c1-16-3-9-20(29-2)17(15-16)4-10-21(27)25-11-13-26(14-12-25)22(28)24-19-7-5-18(23)6-8-19/h3-10,15H,11-14H2,1-2H3,(H,24,28)/b10-4+. The van der Waals surface area contributed by atoms with E-state index < -0.39 is 0 Å². The van der Waals surface area contributed by atoms with Crippen LogP contribution in [0.15, 0.2) is 48.5 Å². The molecule has 1 heterocycles. The molecular formula is C22H24FN3O3. The number of halogens is 1. The highest BCUT2D eigenvalue weighted by Gasteiger charge is 2.23. The number of carbonyl (C=O) groups excluding carboxylic acids is 2. The maximum Gasteiger partial charge on any atom is 0.321 e. The van der Waals surface area contributed by atoms with E-state index in [0.717, 1.165) is 11.1 Å². The van der Waals surface area contributed by atoms with Crippen molar-refractivity contribution in [2.75, 3.05) is 38.6 Å². The summed E-state index contributed by atoms with van der Waals surface area (Å²) in [5.74, 6) is 0.251. The van der Waals surface area contributed by atoms with Crippen LogP contribution in [0, 0.1) is 12.7 Å². The molecule has 6 nitrogen and oxygen atoms in total. The minimum absolute atomic E-state index is 0.104. The molecule has 29 heavy (non-hydrogen) atoms. The van der Waals surface area contributed by atoms with Gasteiger partial charge in [-0.05, 0) is 49.4 Å². The Morgan fingerprint density at radius 2 is 1.69 bits per heavy atom. The predicted octanol–water partition coefficient (Wildman–Crippen LogP) is 3.53. The number of urea groups is 1. The molecule has 2 aromatic rings. The van der Waals surface area contributed by atoms with Crippen LogP contribution in [0.5, 0.6) is 5.75 Å². The fourth-order valence-electron chi connectivity index (χ4n) is 3.12. The number of amides is 3. The molecule has 0 radical (unpaired) electrons. The Labute approximate surface area is 169 Å². The molecule has 0 aliphatic carbocycles. The van der Waals surface area contributed by atoms with Crippen LogP contribution in [0.25, 0.3) is 6.08 Å². The Morgan fingerprint density at radius 1 is 1.03 bits per heavy atom. The van der Waals surface area contributed by atoms with Crippen LogP contribution in [0.1, 0.15) is 11.1 Å². The van der Waals surface area contributed by atoms with Gasteiger partial charge in [-0.25, -0.2) is 9.18 Å². The third-order valence-corrected chi connectivity index (χ3v) is 4.76. The van der Waals surface area contributed by atoms with Crippen molar-refractivity contribution in [3.63, 3.8) is 0 Å². The van der Waals surface area contributed by atoms with E-state index in [2.05, 4.69) is 5.32 Å². The van der Waals surface area contributed by atoms with Crippen molar-refractivity contribution >= 4 is 23.7 Å². The van der Waals surface area contributed by atoms with E-state index in [-0.39, 0.29) is 17.8 Å².